The SMILES string of the molecule is CC=CC(=O)OCCCCCCCCCCO[PH](=O)O. The number of unbranched alkanes of at least 4 members (excludes halogenated alkanes) is 7. The summed E-state index contributed by atoms with van der Waals surface area (Å²) in [6.45, 7) is 2.67. The van der Waals surface area contributed by atoms with Crippen LogP contribution in [0, 0.1) is 0 Å². The molecule has 0 heterocycles. The van der Waals surface area contributed by atoms with E-state index in [9.17, 15) is 9.36 Å². The van der Waals surface area contributed by atoms with Gasteiger partial charge in [-0.25, -0.2) is 4.79 Å². The molecule has 0 aromatic rings. The molecule has 1 atom stereocenters. The Morgan fingerprint density at radius 2 is 1.50 bits per heavy atom. The number of hydrogen-bond donors (Lipinski definition) is 1. The smallest absolute Gasteiger partial charge is 0.330 e. The highest BCUT2D eigenvalue weighted by atomic mass is 31.1. The number of esters is 1. The summed E-state index contributed by atoms with van der Waals surface area (Å²) >= 11 is 0. The van der Waals surface area contributed by atoms with Crippen LogP contribution >= 0.6 is 8.25 Å². The Morgan fingerprint density at radius 3 is 2.00 bits per heavy atom. The number of carbonyl (C=O) groups is 1. The third-order valence-electron chi connectivity index (χ3n) is 2.81. The number of allylic oxidation sites excluding steroid dienone is 1. The third kappa shape index (κ3) is 15.4. The second-order valence-electron chi connectivity index (χ2n) is 4.61. The molecule has 0 bridgehead atoms. The zero-order chi connectivity index (χ0) is 15.1. The van der Waals surface area contributed by atoms with Crippen molar-refractivity contribution < 1.29 is 23.5 Å². The van der Waals surface area contributed by atoms with Crippen LogP contribution in [0.5, 0.6) is 0 Å². The molecular weight excluding hydrogens is 279 g/mol. The molecule has 0 aromatic carbocycles. The zero-order valence-corrected chi connectivity index (χ0v) is 13.3. The Morgan fingerprint density at radius 1 is 1.00 bits per heavy atom. The summed E-state index contributed by atoms with van der Waals surface area (Å²) < 4.78 is 19.9. The molecule has 1 N–H and O–H groups in total. The first-order valence-electron chi connectivity index (χ1n) is 7.32. The molecule has 0 saturated heterocycles. The van der Waals surface area contributed by atoms with Crippen molar-refractivity contribution in [1.82, 2.24) is 0 Å². The maximum absolute atomic E-state index is 11.0. The highest BCUT2D eigenvalue weighted by Gasteiger charge is 1.97. The lowest BCUT2D eigenvalue weighted by Crippen LogP contribution is -2.01. The van der Waals surface area contributed by atoms with Gasteiger partial charge >= 0.3 is 14.2 Å². The van der Waals surface area contributed by atoms with Crippen LogP contribution < -0.4 is 0 Å². The Bertz CT molecular complexity index is 291. The molecule has 5 nitrogen and oxygen atoms in total. The summed E-state index contributed by atoms with van der Waals surface area (Å²) in [4.78, 5) is 19.4. The van der Waals surface area contributed by atoms with Crippen LogP contribution in [0.1, 0.15) is 58.3 Å². The fraction of sp³-hybridized carbons (Fsp3) is 0.786. The van der Waals surface area contributed by atoms with Crippen molar-refractivity contribution in [3.8, 4) is 0 Å². The van der Waals surface area contributed by atoms with E-state index in [2.05, 4.69) is 4.52 Å². The van der Waals surface area contributed by atoms with Crippen molar-refractivity contribution in [3.63, 3.8) is 0 Å². The molecule has 0 aliphatic carbocycles. The summed E-state index contributed by atoms with van der Waals surface area (Å²) in [6, 6.07) is 0. The monoisotopic (exact) mass is 306 g/mol. The van der Waals surface area contributed by atoms with Crippen molar-refractivity contribution >= 4 is 14.2 Å². The van der Waals surface area contributed by atoms with E-state index in [1.165, 1.54) is 18.9 Å². The highest BCUT2D eigenvalue weighted by molar-refractivity contribution is 7.32. The van der Waals surface area contributed by atoms with Gasteiger partial charge in [0.05, 0.1) is 13.2 Å². The maximum Gasteiger partial charge on any atom is 0.330 e. The van der Waals surface area contributed by atoms with Crippen LogP contribution in [-0.2, 0) is 18.6 Å². The number of hydrogen-bond acceptors (Lipinski definition) is 4. The van der Waals surface area contributed by atoms with E-state index in [0.29, 0.717) is 13.2 Å². The average molecular weight is 306 g/mol. The Kier molecular flexibility index (Phi) is 14.3. The van der Waals surface area contributed by atoms with E-state index in [1.54, 1.807) is 13.0 Å². The maximum atomic E-state index is 11.0. The molecule has 0 spiro atoms. The van der Waals surface area contributed by atoms with Crippen LogP contribution in [0.4, 0.5) is 0 Å². The van der Waals surface area contributed by atoms with Gasteiger partial charge < -0.3 is 14.2 Å². The number of rotatable bonds is 13. The third-order valence-corrected chi connectivity index (χ3v) is 3.26. The second-order valence-corrected chi connectivity index (χ2v) is 5.43. The molecule has 0 aliphatic rings. The first-order valence-corrected chi connectivity index (χ1v) is 8.58. The number of carbonyl (C=O) groups excluding carboxylic acids is 1. The van der Waals surface area contributed by atoms with E-state index in [-0.39, 0.29) is 5.97 Å². The fourth-order valence-electron chi connectivity index (χ4n) is 1.78. The standard InChI is InChI=1S/C14H27O5P/c1-2-11-14(15)18-12-9-7-5-3-4-6-8-10-13-19-20(16)17/h2,11,20H,3-10,12-13H2,1H3,(H,16,17). The van der Waals surface area contributed by atoms with Gasteiger partial charge in [0.1, 0.15) is 0 Å². The molecular formula is C14H27O5P. The lowest BCUT2D eigenvalue weighted by Gasteiger charge is -2.03. The molecule has 20 heavy (non-hydrogen) atoms. The van der Waals surface area contributed by atoms with Crippen molar-refractivity contribution in [1.29, 1.82) is 0 Å². The van der Waals surface area contributed by atoms with Gasteiger partial charge in [0, 0.05) is 6.08 Å². The predicted molar refractivity (Wildman–Crippen MR) is 79.9 cm³/mol. The van der Waals surface area contributed by atoms with E-state index in [4.69, 9.17) is 9.63 Å². The van der Waals surface area contributed by atoms with Gasteiger partial charge in [0.15, 0.2) is 0 Å². The van der Waals surface area contributed by atoms with E-state index < -0.39 is 8.25 Å². The summed E-state index contributed by atoms with van der Waals surface area (Å²) in [6.07, 6.45) is 11.6. The van der Waals surface area contributed by atoms with Crippen LogP contribution in [0.2, 0.25) is 0 Å². The molecule has 0 fully saturated rings. The van der Waals surface area contributed by atoms with Crippen molar-refractivity contribution in [2.24, 2.45) is 0 Å². The predicted octanol–water partition coefficient (Wildman–Crippen LogP) is 3.63. The summed E-state index contributed by atoms with van der Waals surface area (Å²) in [5.41, 5.74) is 0. The van der Waals surface area contributed by atoms with Crippen LogP contribution in [0.3, 0.4) is 0 Å². The molecule has 0 amide bonds. The quantitative estimate of drug-likeness (QED) is 0.243. The van der Waals surface area contributed by atoms with Crippen LogP contribution in [0.15, 0.2) is 12.2 Å². The Balaban J connectivity index is 3.10. The first-order chi connectivity index (χ1) is 9.66. The molecule has 1 unspecified atom stereocenters. The Hall–Kier alpha value is -0.640. The van der Waals surface area contributed by atoms with E-state index in [1.807, 2.05) is 0 Å². The van der Waals surface area contributed by atoms with Crippen LogP contribution in [-0.4, -0.2) is 24.1 Å². The molecule has 6 heteroatoms. The van der Waals surface area contributed by atoms with Crippen molar-refractivity contribution in [2.75, 3.05) is 13.2 Å². The normalized spacial score (nSPS) is 12.7. The lowest BCUT2D eigenvalue weighted by atomic mass is 10.1. The largest absolute Gasteiger partial charge is 0.463 e. The van der Waals surface area contributed by atoms with Gasteiger partial charge in [-0.3, -0.25) is 4.57 Å². The minimum atomic E-state index is -2.74. The van der Waals surface area contributed by atoms with Gasteiger partial charge in [-0.15, -0.1) is 0 Å². The first kappa shape index (κ1) is 19.4. The zero-order valence-electron chi connectivity index (χ0n) is 12.3. The summed E-state index contributed by atoms with van der Waals surface area (Å²) in [7, 11) is -2.74. The van der Waals surface area contributed by atoms with Crippen molar-refractivity contribution in [3.05, 3.63) is 12.2 Å². The Labute approximate surface area is 122 Å². The van der Waals surface area contributed by atoms with E-state index >= 15 is 0 Å². The van der Waals surface area contributed by atoms with Gasteiger partial charge in [0.25, 0.3) is 0 Å². The lowest BCUT2D eigenvalue weighted by molar-refractivity contribution is -0.137. The van der Waals surface area contributed by atoms with E-state index in [0.717, 1.165) is 38.5 Å². The summed E-state index contributed by atoms with van der Waals surface area (Å²) in [5.74, 6) is -0.264. The molecule has 0 rings (SSSR count). The molecule has 0 aromatic heterocycles. The molecule has 0 aliphatic heterocycles. The van der Waals surface area contributed by atoms with Gasteiger partial charge in [0.2, 0.25) is 0 Å². The molecule has 0 radical (unpaired) electrons. The second kappa shape index (κ2) is 14.8. The highest BCUT2D eigenvalue weighted by Crippen LogP contribution is 2.15. The number of ether oxygens (including phenoxy) is 1. The van der Waals surface area contributed by atoms with Crippen molar-refractivity contribution in [2.45, 2.75) is 58.3 Å². The summed E-state index contributed by atoms with van der Waals surface area (Å²) in [5, 5.41) is 0. The van der Waals surface area contributed by atoms with Crippen LogP contribution in [0.25, 0.3) is 0 Å². The average Bonchev–Trinajstić information content (AvgIpc) is 2.40. The fourth-order valence-corrected chi connectivity index (χ4v) is 2.10. The van der Waals surface area contributed by atoms with Gasteiger partial charge in [-0.05, 0) is 19.8 Å². The minimum Gasteiger partial charge on any atom is -0.463 e. The topological polar surface area (TPSA) is 72.8 Å². The van der Waals surface area contributed by atoms with Gasteiger partial charge in [-0.2, -0.15) is 0 Å². The van der Waals surface area contributed by atoms with Gasteiger partial charge in [-0.1, -0.05) is 44.6 Å². The molecule has 0 saturated carbocycles. The molecule has 118 valence electrons. The minimum absolute atomic E-state index is 0.264.